The van der Waals surface area contributed by atoms with Crippen molar-refractivity contribution in [3.05, 3.63) is 93.9 Å². The van der Waals surface area contributed by atoms with Gasteiger partial charge in [-0.1, -0.05) is 18.2 Å². The second-order valence-electron chi connectivity index (χ2n) is 8.29. The average Bonchev–Trinajstić information content (AvgIpc) is 3.37. The van der Waals surface area contributed by atoms with Crippen molar-refractivity contribution in [2.24, 2.45) is 0 Å². The Balaban J connectivity index is 1.81. The number of ether oxygens (including phenoxy) is 1. The minimum Gasteiger partial charge on any atom is -0.465 e. The summed E-state index contributed by atoms with van der Waals surface area (Å²) >= 11 is 0. The van der Waals surface area contributed by atoms with Crippen molar-refractivity contribution in [1.82, 2.24) is 14.3 Å². The molecule has 178 valence electrons. The normalized spacial score (nSPS) is 11.1. The highest BCUT2D eigenvalue weighted by molar-refractivity contribution is 5.92. The molecule has 4 rings (SSSR count). The zero-order chi connectivity index (χ0) is 26.0. The minimum absolute atomic E-state index is 0.148. The van der Waals surface area contributed by atoms with Crippen LogP contribution < -0.4 is 5.73 Å². The molecule has 0 saturated carbocycles. The molecule has 8 nitrogen and oxygen atoms in total. The maximum absolute atomic E-state index is 11.9. The van der Waals surface area contributed by atoms with Gasteiger partial charge in [-0.05, 0) is 74.4 Å². The summed E-state index contributed by atoms with van der Waals surface area (Å²) in [5, 5.41) is 24.3. The Hall–Kier alpha value is -5.08. The Kier molecular flexibility index (Phi) is 6.45. The van der Waals surface area contributed by atoms with Gasteiger partial charge in [0.2, 0.25) is 0 Å². The molecule has 36 heavy (non-hydrogen) atoms. The first-order valence-corrected chi connectivity index (χ1v) is 11.1. The van der Waals surface area contributed by atoms with E-state index in [1.54, 1.807) is 18.2 Å². The molecule has 2 heterocycles. The SMILES string of the molecule is COC(=O)c1ccc(-n2c(C)cc(/C=C(/C#N)c3nn(-c4ccccc4)c(N)c3C#N)c2C)c(C)c1. The topological polar surface area (TPSA) is 123 Å². The van der Waals surface area contributed by atoms with Crippen LogP contribution in [0.5, 0.6) is 0 Å². The quantitative estimate of drug-likeness (QED) is 0.323. The first-order valence-electron chi connectivity index (χ1n) is 11.1. The number of esters is 1. The molecule has 2 N–H and O–H groups in total. The van der Waals surface area contributed by atoms with Gasteiger partial charge in [0.25, 0.3) is 0 Å². The van der Waals surface area contributed by atoms with Crippen LogP contribution in [0, 0.1) is 43.4 Å². The van der Waals surface area contributed by atoms with Gasteiger partial charge < -0.3 is 15.0 Å². The number of aromatic nitrogens is 3. The number of methoxy groups -OCH3 is 1. The second-order valence-corrected chi connectivity index (χ2v) is 8.29. The van der Waals surface area contributed by atoms with Crippen molar-refractivity contribution in [1.29, 1.82) is 10.5 Å². The largest absolute Gasteiger partial charge is 0.465 e. The Morgan fingerprint density at radius 1 is 1.08 bits per heavy atom. The number of nitrogen functional groups attached to an aromatic ring is 1. The number of nitriles is 2. The highest BCUT2D eigenvalue weighted by atomic mass is 16.5. The third kappa shape index (κ3) is 4.13. The average molecular weight is 477 g/mol. The number of hydrogen-bond acceptors (Lipinski definition) is 6. The Morgan fingerprint density at radius 3 is 2.42 bits per heavy atom. The summed E-state index contributed by atoms with van der Waals surface area (Å²) in [5.41, 5.74) is 12.5. The molecule has 0 saturated heterocycles. The summed E-state index contributed by atoms with van der Waals surface area (Å²) < 4.78 is 8.34. The van der Waals surface area contributed by atoms with Crippen molar-refractivity contribution < 1.29 is 9.53 Å². The fourth-order valence-electron chi connectivity index (χ4n) is 4.26. The second kappa shape index (κ2) is 9.65. The molecule has 0 spiro atoms. The first-order chi connectivity index (χ1) is 17.3. The third-order valence-corrected chi connectivity index (χ3v) is 6.04. The lowest BCUT2D eigenvalue weighted by Crippen LogP contribution is -2.05. The highest BCUT2D eigenvalue weighted by Crippen LogP contribution is 2.30. The van der Waals surface area contributed by atoms with Gasteiger partial charge in [-0.2, -0.15) is 15.6 Å². The van der Waals surface area contributed by atoms with Crippen LogP contribution in [0.1, 0.15) is 44.1 Å². The van der Waals surface area contributed by atoms with Gasteiger partial charge in [-0.25, -0.2) is 9.48 Å². The van der Waals surface area contributed by atoms with Gasteiger partial charge in [0.05, 0.1) is 23.9 Å². The van der Waals surface area contributed by atoms with Crippen molar-refractivity contribution in [3.8, 4) is 23.5 Å². The first kappa shape index (κ1) is 24.1. The van der Waals surface area contributed by atoms with Crippen LogP contribution in [-0.2, 0) is 4.74 Å². The Labute approximate surface area is 209 Å². The van der Waals surface area contributed by atoms with Crippen LogP contribution in [0.25, 0.3) is 23.0 Å². The van der Waals surface area contributed by atoms with E-state index in [-0.39, 0.29) is 22.6 Å². The van der Waals surface area contributed by atoms with Crippen LogP contribution >= 0.6 is 0 Å². The molecule has 4 aromatic rings. The number of nitrogens with two attached hydrogens (primary N) is 1. The van der Waals surface area contributed by atoms with E-state index in [1.165, 1.54) is 11.8 Å². The standard InChI is InChI=1S/C28H24N6O2/c1-17-12-20(28(35)36-4)10-11-25(17)33-18(2)13-21(19(33)3)14-22(15-29)26-24(16-30)27(31)34(32-26)23-8-6-5-7-9-23/h5-14H,31H2,1-4H3/b22-14-. The highest BCUT2D eigenvalue weighted by Gasteiger charge is 2.21. The van der Waals surface area contributed by atoms with E-state index in [4.69, 9.17) is 10.5 Å². The fourth-order valence-corrected chi connectivity index (χ4v) is 4.26. The lowest BCUT2D eigenvalue weighted by molar-refractivity contribution is 0.0600. The minimum atomic E-state index is -0.393. The zero-order valence-electron chi connectivity index (χ0n) is 20.4. The monoisotopic (exact) mass is 476 g/mol. The number of hydrogen-bond donors (Lipinski definition) is 1. The smallest absolute Gasteiger partial charge is 0.337 e. The van der Waals surface area contributed by atoms with E-state index in [9.17, 15) is 15.3 Å². The van der Waals surface area contributed by atoms with Crippen LogP contribution in [0.3, 0.4) is 0 Å². The van der Waals surface area contributed by atoms with E-state index in [1.807, 2.05) is 63.2 Å². The zero-order valence-corrected chi connectivity index (χ0v) is 20.4. The molecule has 0 radical (unpaired) electrons. The van der Waals surface area contributed by atoms with E-state index < -0.39 is 5.97 Å². The number of para-hydroxylation sites is 1. The predicted octanol–water partition coefficient (Wildman–Crippen LogP) is 4.89. The molecule has 0 unspecified atom stereocenters. The van der Waals surface area contributed by atoms with Gasteiger partial charge in [-0.15, -0.1) is 0 Å². The summed E-state index contributed by atoms with van der Waals surface area (Å²) in [4.78, 5) is 11.9. The Bertz CT molecular complexity index is 1590. The lowest BCUT2D eigenvalue weighted by atomic mass is 10.1. The molecular formula is C28H24N6O2. The molecule has 0 atom stereocenters. The number of benzene rings is 2. The van der Waals surface area contributed by atoms with Gasteiger partial charge in [0.15, 0.2) is 0 Å². The van der Waals surface area contributed by atoms with Crippen molar-refractivity contribution in [2.45, 2.75) is 20.8 Å². The van der Waals surface area contributed by atoms with Crippen LogP contribution in [0.15, 0.2) is 54.6 Å². The summed E-state index contributed by atoms with van der Waals surface area (Å²) in [6.45, 7) is 5.84. The van der Waals surface area contributed by atoms with E-state index in [0.717, 1.165) is 28.2 Å². The summed E-state index contributed by atoms with van der Waals surface area (Å²) in [6.07, 6.45) is 1.72. The molecule has 0 aliphatic carbocycles. The van der Waals surface area contributed by atoms with Gasteiger partial charge in [-0.3, -0.25) is 0 Å². The number of carbonyl (C=O) groups excluding carboxylic acids is 1. The van der Waals surface area contributed by atoms with E-state index >= 15 is 0 Å². The van der Waals surface area contributed by atoms with E-state index in [2.05, 4.69) is 21.8 Å². The molecule has 0 bridgehead atoms. The van der Waals surface area contributed by atoms with Crippen LogP contribution in [0.4, 0.5) is 5.82 Å². The molecule has 0 amide bonds. The molecule has 2 aromatic heterocycles. The van der Waals surface area contributed by atoms with Gasteiger partial charge in [0, 0.05) is 17.1 Å². The van der Waals surface area contributed by atoms with Gasteiger partial charge in [0.1, 0.15) is 29.2 Å². The lowest BCUT2D eigenvalue weighted by Gasteiger charge is -2.14. The molecule has 0 aliphatic heterocycles. The van der Waals surface area contributed by atoms with Crippen LogP contribution in [0.2, 0.25) is 0 Å². The summed E-state index contributed by atoms with van der Waals surface area (Å²) in [7, 11) is 1.35. The van der Waals surface area contributed by atoms with Crippen LogP contribution in [-0.4, -0.2) is 27.4 Å². The Morgan fingerprint density at radius 2 is 1.81 bits per heavy atom. The number of nitrogens with zero attached hydrogens (tertiary/aromatic N) is 5. The molecule has 8 heteroatoms. The molecule has 2 aromatic carbocycles. The third-order valence-electron chi connectivity index (χ3n) is 6.04. The number of carbonyl (C=O) groups is 1. The van der Waals surface area contributed by atoms with Crippen molar-refractivity contribution >= 4 is 23.4 Å². The van der Waals surface area contributed by atoms with Crippen molar-refractivity contribution in [3.63, 3.8) is 0 Å². The summed E-state index contributed by atoms with van der Waals surface area (Å²) in [5.74, 6) is -0.220. The number of anilines is 1. The maximum atomic E-state index is 11.9. The number of aryl methyl sites for hydroxylation is 2. The molecular weight excluding hydrogens is 452 g/mol. The van der Waals surface area contributed by atoms with Gasteiger partial charge >= 0.3 is 5.97 Å². The molecule has 0 aliphatic rings. The summed E-state index contributed by atoms with van der Waals surface area (Å²) in [6, 6.07) is 20.8. The number of rotatable bonds is 5. The van der Waals surface area contributed by atoms with E-state index in [0.29, 0.717) is 11.3 Å². The van der Waals surface area contributed by atoms with Crippen molar-refractivity contribution in [2.75, 3.05) is 12.8 Å². The molecule has 0 fully saturated rings. The maximum Gasteiger partial charge on any atom is 0.337 e. The predicted molar refractivity (Wildman–Crippen MR) is 137 cm³/mol. The number of allylic oxidation sites excluding steroid dienone is 1. The fraction of sp³-hybridized carbons (Fsp3) is 0.143.